The Hall–Kier alpha value is -2.59. The Morgan fingerprint density at radius 1 is 1.25 bits per heavy atom. The molecule has 2 heterocycles. The summed E-state index contributed by atoms with van der Waals surface area (Å²) < 4.78 is 0.745. The van der Waals surface area contributed by atoms with Crippen molar-refractivity contribution in [2.45, 2.75) is 0 Å². The van der Waals surface area contributed by atoms with Crippen LogP contribution in [0.1, 0.15) is 15.9 Å². The van der Waals surface area contributed by atoms with Gasteiger partial charge >= 0.3 is 0 Å². The SMILES string of the molecule is N#Cc1cccnc1N1CCN(C(=O)c2cc(Br)ccc2O)CC1. The number of aromatic nitrogens is 1. The summed E-state index contributed by atoms with van der Waals surface area (Å²) in [5.74, 6) is 0.425. The molecule has 1 N–H and O–H groups in total. The Balaban J connectivity index is 1.72. The van der Waals surface area contributed by atoms with Gasteiger partial charge in [-0.1, -0.05) is 15.9 Å². The molecule has 0 spiro atoms. The van der Waals surface area contributed by atoms with Crippen LogP contribution < -0.4 is 4.90 Å². The molecule has 1 aromatic heterocycles. The Kier molecular flexibility index (Phi) is 4.67. The van der Waals surface area contributed by atoms with E-state index in [0.717, 1.165) is 4.47 Å². The van der Waals surface area contributed by atoms with Gasteiger partial charge in [-0.2, -0.15) is 5.26 Å². The molecule has 0 radical (unpaired) electrons. The number of aromatic hydroxyl groups is 1. The predicted molar refractivity (Wildman–Crippen MR) is 92.9 cm³/mol. The van der Waals surface area contributed by atoms with Crippen molar-refractivity contribution in [3.8, 4) is 11.8 Å². The fraction of sp³-hybridized carbons (Fsp3) is 0.235. The Bertz CT molecular complexity index is 810. The second kappa shape index (κ2) is 6.89. The van der Waals surface area contributed by atoms with Crippen molar-refractivity contribution in [1.29, 1.82) is 5.26 Å². The smallest absolute Gasteiger partial charge is 0.257 e. The summed E-state index contributed by atoms with van der Waals surface area (Å²) in [5.41, 5.74) is 0.815. The lowest BCUT2D eigenvalue weighted by Crippen LogP contribution is -2.49. The third-order valence-electron chi connectivity index (χ3n) is 3.96. The van der Waals surface area contributed by atoms with Crippen LogP contribution in [0.4, 0.5) is 5.82 Å². The number of hydrogen-bond acceptors (Lipinski definition) is 5. The van der Waals surface area contributed by atoms with Gasteiger partial charge in [-0.25, -0.2) is 4.98 Å². The Morgan fingerprint density at radius 3 is 2.71 bits per heavy atom. The van der Waals surface area contributed by atoms with E-state index < -0.39 is 0 Å². The summed E-state index contributed by atoms with van der Waals surface area (Å²) in [7, 11) is 0. The van der Waals surface area contributed by atoms with Crippen LogP contribution in [0.15, 0.2) is 41.0 Å². The first-order valence-electron chi connectivity index (χ1n) is 7.48. The van der Waals surface area contributed by atoms with E-state index in [0.29, 0.717) is 37.6 Å². The van der Waals surface area contributed by atoms with Crippen molar-refractivity contribution >= 4 is 27.7 Å². The molecule has 0 unspecified atom stereocenters. The molecular formula is C17H15BrN4O2. The lowest BCUT2D eigenvalue weighted by Gasteiger charge is -2.35. The third kappa shape index (κ3) is 3.19. The second-order valence-corrected chi connectivity index (χ2v) is 6.34. The Morgan fingerprint density at radius 2 is 2.00 bits per heavy atom. The predicted octanol–water partition coefficient (Wildman–Crippen LogP) is 2.38. The van der Waals surface area contributed by atoms with Gasteiger partial charge in [0.2, 0.25) is 0 Å². The number of pyridine rings is 1. The van der Waals surface area contributed by atoms with E-state index in [1.54, 1.807) is 35.4 Å². The monoisotopic (exact) mass is 386 g/mol. The topological polar surface area (TPSA) is 80.5 Å². The van der Waals surface area contributed by atoms with Crippen molar-refractivity contribution in [3.05, 3.63) is 52.1 Å². The lowest BCUT2D eigenvalue weighted by atomic mass is 10.1. The van der Waals surface area contributed by atoms with E-state index in [1.165, 1.54) is 6.07 Å². The zero-order valence-corrected chi connectivity index (χ0v) is 14.4. The highest BCUT2D eigenvalue weighted by molar-refractivity contribution is 9.10. The number of rotatable bonds is 2. The minimum atomic E-state index is -0.199. The van der Waals surface area contributed by atoms with Gasteiger partial charge in [-0.15, -0.1) is 0 Å². The average Bonchev–Trinajstić information content (AvgIpc) is 2.63. The van der Waals surface area contributed by atoms with Gasteiger partial charge in [-0.3, -0.25) is 4.79 Å². The van der Waals surface area contributed by atoms with Crippen LogP contribution in [0.25, 0.3) is 0 Å². The van der Waals surface area contributed by atoms with E-state index in [1.807, 2.05) is 4.90 Å². The summed E-state index contributed by atoms with van der Waals surface area (Å²) in [6.45, 7) is 2.19. The highest BCUT2D eigenvalue weighted by Crippen LogP contribution is 2.24. The molecule has 2 aromatic rings. The standard InChI is InChI=1S/C17H15BrN4O2/c18-13-3-4-15(23)14(10-13)17(24)22-8-6-21(7-9-22)16-12(11-19)2-1-5-20-16/h1-5,10,23H,6-9H2. The average molecular weight is 387 g/mol. The van der Waals surface area contributed by atoms with Crippen molar-refractivity contribution in [2.75, 3.05) is 31.1 Å². The number of anilines is 1. The van der Waals surface area contributed by atoms with Gasteiger partial charge < -0.3 is 14.9 Å². The molecule has 0 atom stereocenters. The summed E-state index contributed by atoms with van der Waals surface area (Å²) in [6.07, 6.45) is 1.66. The molecule has 1 aliphatic rings. The quantitative estimate of drug-likeness (QED) is 0.856. The van der Waals surface area contributed by atoms with E-state index in [4.69, 9.17) is 0 Å². The van der Waals surface area contributed by atoms with Gasteiger partial charge in [0.1, 0.15) is 17.6 Å². The number of phenols is 1. The molecule has 1 saturated heterocycles. The number of hydrogen-bond donors (Lipinski definition) is 1. The van der Waals surface area contributed by atoms with Crippen molar-refractivity contribution in [3.63, 3.8) is 0 Å². The van der Waals surface area contributed by atoms with Crippen LogP contribution in [0.5, 0.6) is 5.75 Å². The first kappa shape index (κ1) is 16.3. The molecule has 1 amide bonds. The highest BCUT2D eigenvalue weighted by Gasteiger charge is 2.25. The summed E-state index contributed by atoms with van der Waals surface area (Å²) in [4.78, 5) is 20.6. The molecule has 24 heavy (non-hydrogen) atoms. The zero-order chi connectivity index (χ0) is 17.1. The van der Waals surface area contributed by atoms with Gasteiger partial charge in [0, 0.05) is 36.8 Å². The zero-order valence-electron chi connectivity index (χ0n) is 12.8. The number of amides is 1. The van der Waals surface area contributed by atoms with E-state index in [9.17, 15) is 15.2 Å². The Labute approximate surface area is 148 Å². The van der Waals surface area contributed by atoms with Gasteiger partial charge in [-0.05, 0) is 30.3 Å². The second-order valence-electron chi connectivity index (χ2n) is 5.43. The number of halogens is 1. The van der Waals surface area contributed by atoms with Gasteiger partial charge in [0.05, 0.1) is 11.1 Å². The number of carbonyl (C=O) groups is 1. The maximum absolute atomic E-state index is 12.6. The molecule has 0 saturated carbocycles. The normalized spacial score (nSPS) is 14.3. The van der Waals surface area contributed by atoms with Crippen LogP contribution in [0.2, 0.25) is 0 Å². The van der Waals surface area contributed by atoms with E-state index in [2.05, 4.69) is 27.0 Å². The van der Waals surface area contributed by atoms with Crippen molar-refractivity contribution < 1.29 is 9.90 Å². The molecule has 0 bridgehead atoms. The fourth-order valence-electron chi connectivity index (χ4n) is 2.71. The fourth-order valence-corrected chi connectivity index (χ4v) is 3.07. The van der Waals surface area contributed by atoms with Crippen LogP contribution >= 0.6 is 15.9 Å². The molecule has 3 rings (SSSR count). The molecule has 1 aromatic carbocycles. The first-order chi connectivity index (χ1) is 11.6. The molecule has 1 aliphatic heterocycles. The molecule has 0 aliphatic carbocycles. The maximum Gasteiger partial charge on any atom is 0.257 e. The minimum absolute atomic E-state index is 0.0258. The van der Waals surface area contributed by atoms with E-state index >= 15 is 0 Å². The van der Waals surface area contributed by atoms with Gasteiger partial charge in [0.15, 0.2) is 0 Å². The van der Waals surface area contributed by atoms with Crippen LogP contribution in [-0.4, -0.2) is 47.1 Å². The lowest BCUT2D eigenvalue weighted by molar-refractivity contribution is 0.0743. The highest BCUT2D eigenvalue weighted by atomic mass is 79.9. The van der Waals surface area contributed by atoms with Crippen LogP contribution in [0.3, 0.4) is 0 Å². The third-order valence-corrected chi connectivity index (χ3v) is 4.46. The van der Waals surface area contributed by atoms with Crippen LogP contribution in [-0.2, 0) is 0 Å². The minimum Gasteiger partial charge on any atom is -0.507 e. The van der Waals surface area contributed by atoms with Crippen LogP contribution in [0, 0.1) is 11.3 Å². The largest absolute Gasteiger partial charge is 0.507 e. The summed E-state index contributed by atoms with van der Waals surface area (Å²) in [6, 6.07) is 10.4. The van der Waals surface area contributed by atoms with Crippen molar-refractivity contribution in [1.82, 2.24) is 9.88 Å². The molecule has 1 fully saturated rings. The molecule has 7 heteroatoms. The molecule has 6 nitrogen and oxygen atoms in total. The molecular weight excluding hydrogens is 372 g/mol. The number of nitriles is 1. The van der Waals surface area contributed by atoms with Crippen molar-refractivity contribution in [2.24, 2.45) is 0 Å². The molecule has 122 valence electrons. The number of phenolic OH excluding ortho intramolecular Hbond substituents is 1. The maximum atomic E-state index is 12.6. The number of nitrogens with zero attached hydrogens (tertiary/aromatic N) is 4. The number of piperazine rings is 1. The summed E-state index contributed by atoms with van der Waals surface area (Å²) >= 11 is 3.32. The van der Waals surface area contributed by atoms with E-state index in [-0.39, 0.29) is 17.2 Å². The summed E-state index contributed by atoms with van der Waals surface area (Å²) in [5, 5.41) is 19.1. The number of benzene rings is 1. The first-order valence-corrected chi connectivity index (χ1v) is 8.27. The number of carbonyl (C=O) groups excluding carboxylic acids is 1. The van der Waals surface area contributed by atoms with Gasteiger partial charge in [0.25, 0.3) is 5.91 Å².